The van der Waals surface area contributed by atoms with Crippen LogP contribution >= 0.6 is 12.2 Å². The number of hydrogen-bond acceptors (Lipinski definition) is 6. The number of rotatable bonds is 4. The molecule has 0 aliphatic carbocycles. The smallest absolute Gasteiger partial charge is 0.414 e. The molecule has 1 N–H and O–H groups in total. The number of ether oxygens (including phenoxy) is 2. The molecule has 2 fully saturated rings. The third-order valence-corrected chi connectivity index (χ3v) is 4.84. The Kier molecular flexibility index (Phi) is 6.00. The van der Waals surface area contributed by atoms with Crippen LogP contribution in [0, 0.1) is 0 Å². The number of anilines is 2. The number of thiocarbonyl (C=S) groups is 1. The molecular weight excluding hydrogens is 368 g/mol. The molecule has 1 aromatic carbocycles. The molecule has 0 unspecified atom stereocenters. The summed E-state index contributed by atoms with van der Waals surface area (Å²) in [6.07, 6.45) is -0.852. The lowest BCUT2D eigenvalue weighted by Gasteiger charge is -2.35. The van der Waals surface area contributed by atoms with Gasteiger partial charge < -0.3 is 24.6 Å². The normalized spacial score (nSPS) is 19.7. The van der Waals surface area contributed by atoms with Crippen molar-refractivity contribution in [2.75, 3.05) is 56.2 Å². The van der Waals surface area contributed by atoms with E-state index in [4.69, 9.17) is 21.7 Å². The van der Waals surface area contributed by atoms with Crippen LogP contribution in [0.1, 0.15) is 6.92 Å². The molecule has 2 aliphatic heterocycles. The van der Waals surface area contributed by atoms with Gasteiger partial charge in [-0.2, -0.15) is 0 Å². The standard InChI is InChI=1S/C18H24N4O4S/c1-13(27)19-11-16-12-22(18(24)26-16)15-5-3-14(4-6-15)20-7-9-21(10-8-20)17(23)25-2/h3-6,16H,7-12H2,1-2H3,(H,19,27)/t16-/m0/s1. The molecule has 0 aromatic heterocycles. The van der Waals surface area contributed by atoms with Gasteiger partial charge in [0, 0.05) is 37.6 Å². The van der Waals surface area contributed by atoms with E-state index in [1.807, 2.05) is 24.3 Å². The summed E-state index contributed by atoms with van der Waals surface area (Å²) in [4.78, 5) is 29.9. The van der Waals surface area contributed by atoms with Crippen LogP contribution < -0.4 is 15.1 Å². The number of benzene rings is 1. The minimum atomic E-state index is -0.344. The Morgan fingerprint density at radius 2 is 1.85 bits per heavy atom. The monoisotopic (exact) mass is 392 g/mol. The van der Waals surface area contributed by atoms with E-state index < -0.39 is 0 Å². The van der Waals surface area contributed by atoms with Crippen molar-refractivity contribution in [1.29, 1.82) is 0 Å². The van der Waals surface area contributed by atoms with Crippen LogP contribution in [0.5, 0.6) is 0 Å². The molecule has 9 heteroatoms. The Balaban J connectivity index is 1.57. The zero-order chi connectivity index (χ0) is 19.4. The fraction of sp³-hybridized carbons (Fsp3) is 0.500. The summed E-state index contributed by atoms with van der Waals surface area (Å²) in [6.45, 7) is 5.54. The number of amides is 2. The number of hydrogen-bond donors (Lipinski definition) is 1. The highest BCUT2D eigenvalue weighted by atomic mass is 32.1. The first kappa shape index (κ1) is 19.2. The summed E-state index contributed by atoms with van der Waals surface area (Å²) in [6, 6.07) is 7.82. The van der Waals surface area contributed by atoms with Gasteiger partial charge in [0.15, 0.2) is 0 Å². The van der Waals surface area contributed by atoms with Crippen LogP contribution in [0.25, 0.3) is 0 Å². The van der Waals surface area contributed by atoms with Gasteiger partial charge in [0.1, 0.15) is 6.10 Å². The summed E-state index contributed by atoms with van der Waals surface area (Å²) in [5, 5.41) is 3.03. The predicted octanol–water partition coefficient (Wildman–Crippen LogP) is 1.84. The van der Waals surface area contributed by atoms with Crippen molar-refractivity contribution in [1.82, 2.24) is 10.2 Å². The first-order valence-corrected chi connectivity index (χ1v) is 9.29. The van der Waals surface area contributed by atoms with E-state index in [9.17, 15) is 9.59 Å². The SMILES string of the molecule is COC(=O)N1CCN(c2ccc(N3C[C@H](CNC(C)=S)OC3=O)cc2)CC1. The van der Waals surface area contributed by atoms with Gasteiger partial charge >= 0.3 is 12.2 Å². The van der Waals surface area contributed by atoms with Gasteiger partial charge in [-0.15, -0.1) is 0 Å². The minimum absolute atomic E-state index is 0.221. The quantitative estimate of drug-likeness (QED) is 0.784. The Morgan fingerprint density at radius 1 is 1.22 bits per heavy atom. The van der Waals surface area contributed by atoms with Crippen LogP contribution in [0.3, 0.4) is 0 Å². The molecule has 8 nitrogen and oxygen atoms in total. The number of methoxy groups -OCH3 is 1. The lowest BCUT2D eigenvalue weighted by Crippen LogP contribution is -2.48. The molecule has 2 heterocycles. The first-order chi connectivity index (χ1) is 13.0. The number of carbonyl (C=O) groups is 2. The number of cyclic esters (lactones) is 1. The number of nitrogens with one attached hydrogen (secondary N) is 1. The lowest BCUT2D eigenvalue weighted by atomic mass is 10.2. The second-order valence-electron chi connectivity index (χ2n) is 6.51. The molecule has 27 heavy (non-hydrogen) atoms. The molecule has 0 spiro atoms. The lowest BCUT2D eigenvalue weighted by molar-refractivity contribution is 0.121. The maximum atomic E-state index is 12.1. The summed E-state index contributed by atoms with van der Waals surface area (Å²) >= 11 is 4.99. The van der Waals surface area contributed by atoms with E-state index in [0.717, 1.165) is 24.5 Å². The van der Waals surface area contributed by atoms with Crippen molar-refractivity contribution in [2.24, 2.45) is 0 Å². The maximum Gasteiger partial charge on any atom is 0.414 e. The number of piperazine rings is 1. The fourth-order valence-corrected chi connectivity index (χ4v) is 3.30. The molecule has 146 valence electrons. The topological polar surface area (TPSA) is 74.3 Å². The summed E-state index contributed by atoms with van der Waals surface area (Å²) in [5.74, 6) is 0. The van der Waals surface area contributed by atoms with Gasteiger partial charge in [0.05, 0.1) is 25.2 Å². The maximum absolute atomic E-state index is 12.1. The Bertz CT molecular complexity index is 704. The van der Waals surface area contributed by atoms with Crippen molar-refractivity contribution in [3.05, 3.63) is 24.3 Å². The van der Waals surface area contributed by atoms with Crippen molar-refractivity contribution in [2.45, 2.75) is 13.0 Å². The average molecular weight is 392 g/mol. The highest BCUT2D eigenvalue weighted by molar-refractivity contribution is 7.80. The highest BCUT2D eigenvalue weighted by Gasteiger charge is 2.32. The van der Waals surface area contributed by atoms with Crippen molar-refractivity contribution in [3.8, 4) is 0 Å². The Morgan fingerprint density at radius 3 is 2.44 bits per heavy atom. The minimum Gasteiger partial charge on any atom is -0.453 e. The van der Waals surface area contributed by atoms with Gasteiger partial charge in [-0.05, 0) is 31.2 Å². The summed E-state index contributed by atoms with van der Waals surface area (Å²) in [5.41, 5.74) is 1.86. The summed E-state index contributed by atoms with van der Waals surface area (Å²) in [7, 11) is 1.40. The second kappa shape index (κ2) is 8.43. The Hall–Kier alpha value is -2.55. The Labute approximate surface area is 164 Å². The van der Waals surface area contributed by atoms with E-state index in [1.54, 1.807) is 16.7 Å². The van der Waals surface area contributed by atoms with Gasteiger partial charge in [-0.25, -0.2) is 9.59 Å². The van der Waals surface area contributed by atoms with Crippen LogP contribution in [0.15, 0.2) is 24.3 Å². The molecule has 2 saturated heterocycles. The van der Waals surface area contributed by atoms with E-state index >= 15 is 0 Å². The molecule has 1 aromatic rings. The van der Waals surface area contributed by atoms with Gasteiger partial charge in [0.25, 0.3) is 0 Å². The third kappa shape index (κ3) is 4.60. The average Bonchev–Trinajstić information content (AvgIpc) is 3.06. The van der Waals surface area contributed by atoms with Crippen molar-refractivity contribution in [3.63, 3.8) is 0 Å². The van der Waals surface area contributed by atoms with Crippen LogP contribution in [0.2, 0.25) is 0 Å². The van der Waals surface area contributed by atoms with Crippen molar-refractivity contribution < 1.29 is 19.1 Å². The molecule has 1 atom stereocenters. The second-order valence-corrected chi connectivity index (χ2v) is 7.13. The summed E-state index contributed by atoms with van der Waals surface area (Å²) < 4.78 is 10.1. The van der Waals surface area contributed by atoms with Crippen LogP contribution in [0.4, 0.5) is 21.0 Å². The van der Waals surface area contributed by atoms with Crippen LogP contribution in [-0.4, -0.2) is 74.6 Å². The van der Waals surface area contributed by atoms with Gasteiger partial charge in [-0.1, -0.05) is 12.2 Å². The number of nitrogens with zero attached hydrogens (tertiary/aromatic N) is 3. The molecule has 0 bridgehead atoms. The van der Waals surface area contributed by atoms with Gasteiger partial charge in [-0.3, -0.25) is 4.90 Å². The zero-order valence-electron chi connectivity index (χ0n) is 15.5. The third-order valence-electron chi connectivity index (χ3n) is 4.69. The first-order valence-electron chi connectivity index (χ1n) is 8.88. The van der Waals surface area contributed by atoms with Gasteiger partial charge in [0.2, 0.25) is 0 Å². The number of carbonyl (C=O) groups excluding carboxylic acids is 2. The predicted molar refractivity (Wildman–Crippen MR) is 107 cm³/mol. The molecule has 0 saturated carbocycles. The van der Waals surface area contributed by atoms with E-state index in [0.29, 0.717) is 31.2 Å². The van der Waals surface area contributed by atoms with Crippen molar-refractivity contribution >= 4 is 40.8 Å². The fourth-order valence-electron chi connectivity index (χ4n) is 3.22. The molecule has 3 rings (SSSR count). The highest BCUT2D eigenvalue weighted by Crippen LogP contribution is 2.25. The zero-order valence-corrected chi connectivity index (χ0v) is 16.3. The van der Waals surface area contributed by atoms with E-state index in [-0.39, 0.29) is 18.3 Å². The molecule has 0 radical (unpaired) electrons. The van der Waals surface area contributed by atoms with Crippen LogP contribution in [-0.2, 0) is 9.47 Å². The largest absolute Gasteiger partial charge is 0.453 e. The van der Waals surface area contributed by atoms with E-state index in [1.165, 1.54) is 7.11 Å². The molecule has 2 aliphatic rings. The molecule has 2 amide bonds. The van der Waals surface area contributed by atoms with E-state index in [2.05, 4.69) is 10.2 Å². The molecular formula is C18H24N4O4S.